The van der Waals surface area contributed by atoms with Crippen LogP contribution in [0, 0.1) is 11.7 Å². The van der Waals surface area contributed by atoms with E-state index in [0.29, 0.717) is 11.6 Å². The molecule has 0 saturated heterocycles. The van der Waals surface area contributed by atoms with Crippen molar-refractivity contribution in [3.05, 3.63) is 46.9 Å². The van der Waals surface area contributed by atoms with Crippen molar-refractivity contribution in [2.75, 3.05) is 12.3 Å². The molecule has 0 bridgehead atoms. The number of benzene rings is 1. The number of nitrogens with zero attached hydrogens (tertiary/aromatic N) is 2. The van der Waals surface area contributed by atoms with Crippen LogP contribution in [0.15, 0.2) is 35.5 Å². The second kappa shape index (κ2) is 8.41. The number of hydrogen-bond donors (Lipinski definition) is 1. The van der Waals surface area contributed by atoms with E-state index >= 15 is 4.39 Å². The van der Waals surface area contributed by atoms with Crippen LogP contribution in [-0.4, -0.2) is 16.6 Å². The van der Waals surface area contributed by atoms with E-state index in [-0.39, 0.29) is 48.2 Å². The third-order valence-corrected chi connectivity index (χ3v) is 7.42. The summed E-state index contributed by atoms with van der Waals surface area (Å²) in [5.41, 5.74) is 6.46. The highest BCUT2D eigenvalue weighted by Crippen LogP contribution is 3.03. The molecule has 1 aliphatic rings. The molecule has 33 heavy (non-hydrogen) atoms. The molecule has 0 aliphatic heterocycles. The Balaban J connectivity index is 1.87. The fraction of sp³-hybridized carbons (Fsp3) is 0.455. The number of rotatable bonds is 9. The summed E-state index contributed by atoms with van der Waals surface area (Å²) in [7, 11) is -9.81. The van der Waals surface area contributed by atoms with Gasteiger partial charge >= 0.3 is 10.2 Å². The lowest BCUT2D eigenvalue weighted by molar-refractivity contribution is 0.263. The van der Waals surface area contributed by atoms with E-state index in [0.717, 1.165) is 26.2 Å². The Labute approximate surface area is 189 Å². The van der Waals surface area contributed by atoms with E-state index in [2.05, 4.69) is 9.97 Å². The Kier molecular flexibility index (Phi) is 6.42. The predicted molar refractivity (Wildman–Crippen MR) is 119 cm³/mol. The first-order chi connectivity index (χ1) is 15.2. The number of ether oxygens (including phenoxy) is 1. The topological polar surface area (TPSA) is 61.0 Å². The van der Waals surface area contributed by atoms with Crippen LogP contribution in [0.5, 0.6) is 5.75 Å². The molecule has 2 aromatic rings. The van der Waals surface area contributed by atoms with Gasteiger partial charge in [0.05, 0.1) is 29.6 Å². The minimum absolute atomic E-state index is 0.0683. The number of halogens is 6. The van der Waals surface area contributed by atoms with Crippen LogP contribution in [-0.2, 0) is 0 Å². The summed E-state index contributed by atoms with van der Waals surface area (Å²) in [6.45, 7) is 2.00. The monoisotopic (exact) mass is 495 g/mol. The van der Waals surface area contributed by atoms with Crippen LogP contribution in [0.25, 0.3) is 11.3 Å². The molecule has 11 heteroatoms. The molecule has 1 atom stereocenters. The van der Waals surface area contributed by atoms with E-state index in [9.17, 15) is 19.4 Å². The molecule has 4 nitrogen and oxygen atoms in total. The van der Waals surface area contributed by atoms with E-state index in [1.54, 1.807) is 12.1 Å². The second-order valence-corrected chi connectivity index (χ2v) is 10.6. The van der Waals surface area contributed by atoms with Crippen molar-refractivity contribution in [1.82, 2.24) is 9.97 Å². The molecular weight excluding hydrogens is 468 g/mol. The van der Waals surface area contributed by atoms with Crippen LogP contribution >= 0.6 is 10.2 Å². The molecule has 2 N–H and O–H groups in total. The minimum Gasteiger partial charge on any atom is -0.490 e. The molecule has 1 heterocycles. The smallest absolute Gasteiger partial charge is 0.306 e. The Bertz CT molecular complexity index is 1040. The lowest BCUT2D eigenvalue weighted by atomic mass is 9.79. The fourth-order valence-corrected chi connectivity index (χ4v) is 5.42. The van der Waals surface area contributed by atoms with Crippen LogP contribution < -0.4 is 10.5 Å². The van der Waals surface area contributed by atoms with Gasteiger partial charge in [-0.1, -0.05) is 44.9 Å². The van der Waals surface area contributed by atoms with Gasteiger partial charge in [0.15, 0.2) is 11.6 Å². The van der Waals surface area contributed by atoms with Crippen molar-refractivity contribution in [2.24, 2.45) is 5.92 Å². The molecule has 0 amide bonds. The minimum atomic E-state index is -9.81. The quantitative estimate of drug-likeness (QED) is 0.357. The number of allylic oxidation sites excluding steroid dienone is 2. The second-order valence-electron chi connectivity index (χ2n) is 8.20. The Morgan fingerprint density at radius 2 is 1.88 bits per heavy atom. The summed E-state index contributed by atoms with van der Waals surface area (Å²) in [6.07, 6.45) is 5.16. The van der Waals surface area contributed by atoms with Gasteiger partial charge < -0.3 is 10.5 Å². The molecule has 3 rings (SSSR count). The zero-order valence-electron chi connectivity index (χ0n) is 18.3. The van der Waals surface area contributed by atoms with Gasteiger partial charge in [0.25, 0.3) is 0 Å². The third kappa shape index (κ3) is 5.74. The lowest BCUT2D eigenvalue weighted by Gasteiger charge is -2.45. The van der Waals surface area contributed by atoms with Gasteiger partial charge in [0.2, 0.25) is 0 Å². The van der Waals surface area contributed by atoms with Gasteiger partial charge in [-0.05, 0) is 44.6 Å². The first-order valence-corrected chi connectivity index (χ1v) is 12.6. The van der Waals surface area contributed by atoms with Crippen LogP contribution in [0.2, 0.25) is 0 Å². The molecule has 1 aromatic carbocycles. The molecule has 1 saturated carbocycles. The van der Waals surface area contributed by atoms with Crippen LogP contribution in [0.1, 0.15) is 57.4 Å². The van der Waals surface area contributed by atoms with Crippen molar-refractivity contribution in [2.45, 2.75) is 51.9 Å². The molecule has 1 aliphatic carbocycles. The molecule has 0 unspecified atom stereocenters. The Morgan fingerprint density at radius 3 is 2.36 bits per heavy atom. The maximum atomic E-state index is 15.5. The maximum Gasteiger partial charge on any atom is 0.306 e. The first-order valence-electron chi connectivity index (χ1n) is 10.7. The summed E-state index contributed by atoms with van der Waals surface area (Å²) in [5.74, 6) is -2.03. The summed E-state index contributed by atoms with van der Waals surface area (Å²) in [5, 5.41) is 0. The number of nitrogen functional groups attached to an aromatic ring is 1. The van der Waals surface area contributed by atoms with E-state index < -0.39 is 26.9 Å². The molecule has 0 spiro atoms. The normalized spacial score (nSPS) is 18.2. The summed E-state index contributed by atoms with van der Waals surface area (Å²) in [6, 6.07) is 3.26. The van der Waals surface area contributed by atoms with Gasteiger partial charge in [0, 0.05) is 17.0 Å². The van der Waals surface area contributed by atoms with Crippen molar-refractivity contribution >= 4 is 16.0 Å². The van der Waals surface area contributed by atoms with Crippen molar-refractivity contribution in [3.8, 4) is 17.0 Å². The highest BCUT2D eigenvalue weighted by atomic mass is 32.5. The number of aromatic nitrogens is 2. The highest BCUT2D eigenvalue weighted by Gasteiger charge is 2.67. The van der Waals surface area contributed by atoms with Crippen LogP contribution in [0.4, 0.5) is 29.6 Å². The van der Waals surface area contributed by atoms with Crippen molar-refractivity contribution in [1.29, 1.82) is 0 Å². The summed E-state index contributed by atoms with van der Waals surface area (Å²) < 4.78 is 88.3. The fourth-order valence-electron chi connectivity index (χ4n) is 4.06. The molecule has 1 aromatic heterocycles. The molecule has 0 radical (unpaired) electrons. The third-order valence-electron chi connectivity index (χ3n) is 5.96. The summed E-state index contributed by atoms with van der Waals surface area (Å²) in [4.78, 5) is 6.15. The maximum absolute atomic E-state index is 15.5. The van der Waals surface area contributed by atoms with Crippen molar-refractivity contribution < 1.29 is 28.6 Å². The Hall–Kier alpha value is -2.43. The Morgan fingerprint density at radius 1 is 1.18 bits per heavy atom. The standard InChI is InChI=1S/C22H27F6N3OS/c1-3-14(19(4-2)33(24,25,26,27)28)10-11-32-22-16(15-6-5-7-15)8-9-17(21(22)23)18-12-31-20(29)13-30-18/h4,8-9,12-15H,3,5-7,10-11H2,1-2H3,(H2,29,31)/b19-4+/t14-/m1/s1. The van der Waals surface area contributed by atoms with E-state index in [4.69, 9.17) is 10.5 Å². The van der Waals surface area contributed by atoms with Gasteiger partial charge in [-0.3, -0.25) is 4.98 Å². The average Bonchev–Trinajstić information content (AvgIpc) is 2.66. The van der Waals surface area contributed by atoms with Gasteiger partial charge in [-0.15, -0.1) is 0 Å². The zero-order valence-corrected chi connectivity index (χ0v) is 19.2. The van der Waals surface area contributed by atoms with E-state index in [1.807, 2.05) is 0 Å². The lowest BCUT2D eigenvalue weighted by Crippen LogP contribution is -2.20. The number of hydrogen-bond acceptors (Lipinski definition) is 4. The molecular formula is C22H27F6N3OS. The van der Waals surface area contributed by atoms with Crippen molar-refractivity contribution in [3.63, 3.8) is 0 Å². The largest absolute Gasteiger partial charge is 0.490 e. The molecule has 1 fully saturated rings. The van der Waals surface area contributed by atoms with E-state index in [1.165, 1.54) is 19.3 Å². The highest BCUT2D eigenvalue weighted by molar-refractivity contribution is 8.48. The van der Waals surface area contributed by atoms with Crippen LogP contribution in [0.3, 0.4) is 0 Å². The summed E-state index contributed by atoms with van der Waals surface area (Å²) >= 11 is 0. The SMILES string of the molecule is C/C=C(\[C@H](CC)CCOc1c(C2CCC2)ccc(-c2cnc(N)cn2)c1F)S(F)(F)(F)(F)F. The van der Waals surface area contributed by atoms with Gasteiger partial charge in [-0.2, -0.15) is 0 Å². The predicted octanol–water partition coefficient (Wildman–Crippen LogP) is 8.13. The van der Waals surface area contributed by atoms with Gasteiger partial charge in [-0.25, -0.2) is 9.37 Å². The zero-order chi connectivity index (χ0) is 24.5. The molecule has 184 valence electrons. The van der Waals surface area contributed by atoms with Gasteiger partial charge in [0.1, 0.15) is 5.82 Å². The number of nitrogens with two attached hydrogens (primary N) is 1. The average molecular weight is 496 g/mol. The number of anilines is 1. The first kappa shape index (κ1) is 25.2.